The summed E-state index contributed by atoms with van der Waals surface area (Å²) in [6.07, 6.45) is 0.604. The van der Waals surface area contributed by atoms with Crippen LogP contribution in [0.3, 0.4) is 0 Å². The molecule has 0 aliphatic rings. The summed E-state index contributed by atoms with van der Waals surface area (Å²) in [6, 6.07) is 5.99. The molecule has 0 fully saturated rings. The molecule has 0 aromatic heterocycles. The Morgan fingerprint density at radius 3 is 2.60 bits per heavy atom. The van der Waals surface area contributed by atoms with Gasteiger partial charge in [-0.3, -0.25) is 0 Å². The third-order valence-corrected chi connectivity index (χ3v) is 2.60. The zero-order valence-corrected chi connectivity index (χ0v) is 9.83. The van der Waals surface area contributed by atoms with Crippen LogP contribution in [0.5, 0.6) is 5.75 Å². The van der Waals surface area contributed by atoms with Gasteiger partial charge in [-0.25, -0.2) is 0 Å². The van der Waals surface area contributed by atoms with Crippen molar-refractivity contribution in [3.05, 3.63) is 29.3 Å². The Labute approximate surface area is 91.3 Å². The van der Waals surface area contributed by atoms with Gasteiger partial charge in [-0.05, 0) is 43.0 Å². The molecular formula is C13H18O2. The molecule has 2 heteroatoms. The van der Waals surface area contributed by atoms with E-state index in [0.29, 0.717) is 6.42 Å². The van der Waals surface area contributed by atoms with Crippen LogP contribution < -0.4 is 4.74 Å². The quantitative estimate of drug-likeness (QED) is 0.756. The van der Waals surface area contributed by atoms with E-state index < -0.39 is 0 Å². The number of carbonyl (C=O) groups is 1. The standard InChI is InChI=1S/C13H18O2/c1-9(7-11(3)14)13-6-5-12(15-4)8-10(13)2/h5-6,8-9H,7H2,1-4H3/t9-/m0/s1. The highest BCUT2D eigenvalue weighted by Crippen LogP contribution is 2.25. The molecule has 0 N–H and O–H groups in total. The Kier molecular flexibility index (Phi) is 3.89. The summed E-state index contributed by atoms with van der Waals surface area (Å²) in [4.78, 5) is 11.0. The van der Waals surface area contributed by atoms with Gasteiger partial charge in [0.1, 0.15) is 11.5 Å². The van der Waals surface area contributed by atoms with Crippen LogP contribution in [0.1, 0.15) is 37.3 Å². The Morgan fingerprint density at radius 1 is 1.47 bits per heavy atom. The van der Waals surface area contributed by atoms with Crippen molar-refractivity contribution in [2.75, 3.05) is 7.11 Å². The number of hydrogen-bond acceptors (Lipinski definition) is 2. The summed E-state index contributed by atoms with van der Waals surface area (Å²) in [5.74, 6) is 1.39. The van der Waals surface area contributed by atoms with Crippen LogP contribution in [0.4, 0.5) is 0 Å². The average Bonchev–Trinajstić information content (AvgIpc) is 2.16. The number of hydrogen-bond donors (Lipinski definition) is 0. The molecule has 82 valence electrons. The lowest BCUT2D eigenvalue weighted by Gasteiger charge is -2.14. The van der Waals surface area contributed by atoms with Crippen LogP contribution in [0.25, 0.3) is 0 Å². The minimum Gasteiger partial charge on any atom is -0.497 e. The molecule has 0 radical (unpaired) electrons. The Bertz CT molecular complexity index is 356. The van der Waals surface area contributed by atoms with Crippen LogP contribution in [0.2, 0.25) is 0 Å². The highest BCUT2D eigenvalue weighted by molar-refractivity contribution is 5.76. The van der Waals surface area contributed by atoms with Gasteiger partial charge in [0, 0.05) is 6.42 Å². The lowest BCUT2D eigenvalue weighted by atomic mass is 9.92. The number of benzene rings is 1. The number of carbonyl (C=O) groups excluding carboxylic acids is 1. The average molecular weight is 206 g/mol. The molecule has 0 unspecified atom stereocenters. The lowest BCUT2D eigenvalue weighted by molar-refractivity contribution is -0.117. The fourth-order valence-electron chi connectivity index (χ4n) is 1.87. The molecule has 2 nitrogen and oxygen atoms in total. The third-order valence-electron chi connectivity index (χ3n) is 2.60. The normalized spacial score (nSPS) is 12.3. The first-order valence-electron chi connectivity index (χ1n) is 5.18. The summed E-state index contributed by atoms with van der Waals surface area (Å²) in [5.41, 5.74) is 2.41. The molecule has 0 heterocycles. The molecule has 0 aliphatic heterocycles. The molecule has 0 saturated heterocycles. The molecule has 1 rings (SSSR count). The molecule has 1 atom stereocenters. The minimum absolute atomic E-state index is 0.234. The molecule has 0 amide bonds. The van der Waals surface area contributed by atoms with Crippen molar-refractivity contribution in [3.63, 3.8) is 0 Å². The highest BCUT2D eigenvalue weighted by Gasteiger charge is 2.11. The summed E-state index contributed by atoms with van der Waals surface area (Å²) in [5, 5.41) is 0. The number of Topliss-reactive ketones (excluding diaryl/α,β-unsaturated/α-hetero) is 1. The molecular weight excluding hydrogens is 188 g/mol. The van der Waals surface area contributed by atoms with E-state index in [-0.39, 0.29) is 11.7 Å². The molecule has 0 aliphatic carbocycles. The van der Waals surface area contributed by atoms with Gasteiger partial charge in [0.2, 0.25) is 0 Å². The number of rotatable bonds is 4. The van der Waals surface area contributed by atoms with E-state index >= 15 is 0 Å². The number of aryl methyl sites for hydroxylation is 1. The van der Waals surface area contributed by atoms with Crippen molar-refractivity contribution >= 4 is 5.78 Å². The number of ketones is 1. The second-order valence-corrected chi connectivity index (χ2v) is 4.03. The van der Waals surface area contributed by atoms with E-state index in [1.807, 2.05) is 18.2 Å². The molecule has 0 bridgehead atoms. The Balaban J connectivity index is 2.90. The van der Waals surface area contributed by atoms with Gasteiger partial charge in [0.05, 0.1) is 7.11 Å². The van der Waals surface area contributed by atoms with E-state index in [1.54, 1.807) is 14.0 Å². The largest absolute Gasteiger partial charge is 0.497 e. The van der Waals surface area contributed by atoms with Crippen molar-refractivity contribution in [2.24, 2.45) is 0 Å². The molecule has 1 aromatic carbocycles. The SMILES string of the molecule is COc1ccc([C@@H](C)CC(C)=O)c(C)c1. The summed E-state index contributed by atoms with van der Waals surface area (Å²) in [6.45, 7) is 5.76. The van der Waals surface area contributed by atoms with Gasteiger partial charge in [-0.2, -0.15) is 0 Å². The van der Waals surface area contributed by atoms with E-state index in [4.69, 9.17) is 4.74 Å². The summed E-state index contributed by atoms with van der Waals surface area (Å²) < 4.78 is 5.14. The van der Waals surface area contributed by atoms with Crippen molar-refractivity contribution in [3.8, 4) is 5.75 Å². The van der Waals surface area contributed by atoms with Gasteiger partial charge in [0.25, 0.3) is 0 Å². The van der Waals surface area contributed by atoms with Gasteiger partial charge in [-0.15, -0.1) is 0 Å². The van der Waals surface area contributed by atoms with Crippen molar-refractivity contribution in [1.82, 2.24) is 0 Å². The lowest BCUT2D eigenvalue weighted by Crippen LogP contribution is -2.02. The molecule has 0 saturated carbocycles. The van der Waals surface area contributed by atoms with E-state index in [9.17, 15) is 4.79 Å². The Hall–Kier alpha value is -1.31. The van der Waals surface area contributed by atoms with Crippen LogP contribution in [0, 0.1) is 6.92 Å². The summed E-state index contributed by atoms with van der Waals surface area (Å²) >= 11 is 0. The van der Waals surface area contributed by atoms with Gasteiger partial charge in [0.15, 0.2) is 0 Å². The summed E-state index contributed by atoms with van der Waals surface area (Å²) in [7, 11) is 1.66. The highest BCUT2D eigenvalue weighted by atomic mass is 16.5. The maximum absolute atomic E-state index is 11.0. The molecule has 1 aromatic rings. The maximum Gasteiger partial charge on any atom is 0.130 e. The maximum atomic E-state index is 11.0. The smallest absolute Gasteiger partial charge is 0.130 e. The first-order valence-corrected chi connectivity index (χ1v) is 5.18. The van der Waals surface area contributed by atoms with E-state index in [2.05, 4.69) is 13.8 Å². The zero-order chi connectivity index (χ0) is 11.4. The Morgan fingerprint density at radius 2 is 2.13 bits per heavy atom. The van der Waals surface area contributed by atoms with Crippen molar-refractivity contribution < 1.29 is 9.53 Å². The van der Waals surface area contributed by atoms with Crippen LogP contribution >= 0.6 is 0 Å². The van der Waals surface area contributed by atoms with Crippen LogP contribution in [0.15, 0.2) is 18.2 Å². The predicted octanol–water partition coefficient (Wildman–Crippen LogP) is 3.09. The fourth-order valence-corrected chi connectivity index (χ4v) is 1.87. The second kappa shape index (κ2) is 4.96. The van der Waals surface area contributed by atoms with E-state index in [1.165, 1.54) is 11.1 Å². The fraction of sp³-hybridized carbons (Fsp3) is 0.462. The topological polar surface area (TPSA) is 26.3 Å². The van der Waals surface area contributed by atoms with Crippen molar-refractivity contribution in [1.29, 1.82) is 0 Å². The molecule has 0 spiro atoms. The predicted molar refractivity (Wildman–Crippen MR) is 61.4 cm³/mol. The molecule has 15 heavy (non-hydrogen) atoms. The third kappa shape index (κ3) is 3.08. The number of ether oxygens (including phenoxy) is 1. The first kappa shape index (κ1) is 11.8. The van der Waals surface area contributed by atoms with Gasteiger partial charge < -0.3 is 9.53 Å². The van der Waals surface area contributed by atoms with Crippen LogP contribution in [-0.4, -0.2) is 12.9 Å². The monoisotopic (exact) mass is 206 g/mol. The van der Waals surface area contributed by atoms with E-state index in [0.717, 1.165) is 5.75 Å². The van der Waals surface area contributed by atoms with Gasteiger partial charge >= 0.3 is 0 Å². The second-order valence-electron chi connectivity index (χ2n) is 4.03. The zero-order valence-electron chi connectivity index (χ0n) is 9.83. The first-order chi connectivity index (χ1) is 7.04. The van der Waals surface area contributed by atoms with Crippen LogP contribution in [-0.2, 0) is 4.79 Å². The van der Waals surface area contributed by atoms with Crippen molar-refractivity contribution in [2.45, 2.75) is 33.1 Å². The number of methoxy groups -OCH3 is 1. The minimum atomic E-state index is 0.234. The van der Waals surface area contributed by atoms with Gasteiger partial charge in [-0.1, -0.05) is 13.0 Å².